The first kappa shape index (κ1) is 24.2. The first-order chi connectivity index (χ1) is 15.3. The van der Waals surface area contributed by atoms with Gasteiger partial charge in [-0.25, -0.2) is 0 Å². The van der Waals surface area contributed by atoms with E-state index in [1.165, 1.54) is 0 Å². The number of carbonyl (C=O) groups is 3. The Labute approximate surface area is 192 Å². The third kappa shape index (κ3) is 6.09. The van der Waals surface area contributed by atoms with Crippen LogP contribution in [0.2, 0.25) is 0 Å². The molecule has 0 aromatic heterocycles. The standard InChI is InChI=1S/C25H38N4O3/c1-19(2)26(4)24(31)21-9-13-28(14-10-21)23(30)18-27-11-6-12-29(16-15-27)25(32)22-8-5-7-20(3)17-22/h5,7-8,17,19,21H,6,9-16,18H2,1-4H3. The molecule has 2 saturated heterocycles. The highest BCUT2D eigenvalue weighted by atomic mass is 16.2. The largest absolute Gasteiger partial charge is 0.343 e. The molecule has 3 amide bonds. The Hall–Kier alpha value is -2.41. The van der Waals surface area contributed by atoms with Gasteiger partial charge >= 0.3 is 0 Å². The maximum atomic E-state index is 12.9. The minimum atomic E-state index is 0.0193. The lowest BCUT2D eigenvalue weighted by molar-refractivity contribution is -0.141. The summed E-state index contributed by atoms with van der Waals surface area (Å²) in [5.41, 5.74) is 1.81. The molecule has 1 aromatic rings. The van der Waals surface area contributed by atoms with Crippen molar-refractivity contribution in [1.29, 1.82) is 0 Å². The van der Waals surface area contributed by atoms with Gasteiger partial charge in [-0.3, -0.25) is 19.3 Å². The van der Waals surface area contributed by atoms with Crippen LogP contribution in [0.15, 0.2) is 24.3 Å². The average Bonchev–Trinajstić information content (AvgIpc) is 3.03. The second kappa shape index (κ2) is 10.9. The smallest absolute Gasteiger partial charge is 0.253 e. The minimum Gasteiger partial charge on any atom is -0.343 e. The summed E-state index contributed by atoms with van der Waals surface area (Å²) >= 11 is 0. The molecule has 7 heteroatoms. The molecule has 1 aromatic carbocycles. The summed E-state index contributed by atoms with van der Waals surface area (Å²) in [7, 11) is 1.86. The SMILES string of the molecule is Cc1cccc(C(=O)N2CCCN(CC(=O)N3CCC(C(=O)N(C)C(C)C)CC3)CC2)c1. The average molecular weight is 443 g/mol. The van der Waals surface area contributed by atoms with Crippen molar-refractivity contribution >= 4 is 17.7 Å². The Balaban J connectivity index is 1.46. The molecule has 0 atom stereocenters. The Morgan fingerprint density at radius 2 is 1.72 bits per heavy atom. The minimum absolute atomic E-state index is 0.0193. The molecule has 0 aliphatic carbocycles. The van der Waals surface area contributed by atoms with Gasteiger partial charge in [0.15, 0.2) is 0 Å². The molecule has 3 rings (SSSR count). The van der Waals surface area contributed by atoms with E-state index in [2.05, 4.69) is 4.90 Å². The summed E-state index contributed by atoms with van der Waals surface area (Å²) in [6, 6.07) is 7.91. The van der Waals surface area contributed by atoms with Crippen molar-refractivity contribution in [1.82, 2.24) is 19.6 Å². The molecular formula is C25H38N4O3. The number of aryl methyl sites for hydroxylation is 1. The lowest BCUT2D eigenvalue weighted by Crippen LogP contribution is -2.48. The molecule has 0 N–H and O–H groups in total. The maximum Gasteiger partial charge on any atom is 0.253 e. The van der Waals surface area contributed by atoms with Crippen LogP contribution in [-0.2, 0) is 9.59 Å². The van der Waals surface area contributed by atoms with Crippen molar-refractivity contribution in [3.63, 3.8) is 0 Å². The highest BCUT2D eigenvalue weighted by Crippen LogP contribution is 2.20. The van der Waals surface area contributed by atoms with Crippen LogP contribution >= 0.6 is 0 Å². The van der Waals surface area contributed by atoms with Gasteiger partial charge in [-0.15, -0.1) is 0 Å². The molecule has 2 aliphatic rings. The first-order valence-corrected chi connectivity index (χ1v) is 11.9. The number of piperidine rings is 1. The highest BCUT2D eigenvalue weighted by molar-refractivity contribution is 5.94. The number of hydrogen-bond acceptors (Lipinski definition) is 4. The third-order valence-corrected chi connectivity index (χ3v) is 6.82. The molecule has 0 spiro atoms. The predicted molar refractivity (Wildman–Crippen MR) is 125 cm³/mol. The third-order valence-electron chi connectivity index (χ3n) is 6.82. The fourth-order valence-corrected chi connectivity index (χ4v) is 4.50. The number of amides is 3. The zero-order valence-electron chi connectivity index (χ0n) is 20.0. The Morgan fingerprint density at radius 1 is 1.00 bits per heavy atom. The van der Waals surface area contributed by atoms with Crippen LogP contribution in [0.3, 0.4) is 0 Å². The van der Waals surface area contributed by atoms with Crippen molar-refractivity contribution < 1.29 is 14.4 Å². The summed E-state index contributed by atoms with van der Waals surface area (Å²) < 4.78 is 0. The van der Waals surface area contributed by atoms with Gasteiger partial charge in [0.2, 0.25) is 11.8 Å². The van der Waals surface area contributed by atoms with Gasteiger partial charge in [0.25, 0.3) is 5.91 Å². The topological polar surface area (TPSA) is 64.2 Å². The lowest BCUT2D eigenvalue weighted by Gasteiger charge is -2.35. The number of likely N-dealkylation sites (tertiary alicyclic amines) is 1. The Kier molecular flexibility index (Phi) is 8.29. The number of hydrogen-bond donors (Lipinski definition) is 0. The lowest BCUT2D eigenvalue weighted by atomic mass is 9.95. The zero-order chi connectivity index (χ0) is 23.3. The molecule has 2 aliphatic heterocycles. The number of nitrogens with zero attached hydrogens (tertiary/aromatic N) is 4. The van der Waals surface area contributed by atoms with Crippen LogP contribution in [-0.4, -0.2) is 96.2 Å². The summed E-state index contributed by atoms with van der Waals surface area (Å²) in [6.45, 7) is 10.6. The van der Waals surface area contributed by atoms with E-state index < -0.39 is 0 Å². The van der Waals surface area contributed by atoms with Crippen LogP contribution in [0.5, 0.6) is 0 Å². The van der Waals surface area contributed by atoms with E-state index in [0.29, 0.717) is 39.3 Å². The van der Waals surface area contributed by atoms with Gasteiger partial charge < -0.3 is 14.7 Å². The van der Waals surface area contributed by atoms with E-state index in [0.717, 1.165) is 36.9 Å². The summed E-state index contributed by atoms with van der Waals surface area (Å²) in [4.78, 5) is 46.1. The van der Waals surface area contributed by atoms with E-state index in [1.54, 1.807) is 0 Å². The Bertz CT molecular complexity index is 817. The van der Waals surface area contributed by atoms with E-state index in [9.17, 15) is 14.4 Å². The maximum absolute atomic E-state index is 12.9. The van der Waals surface area contributed by atoms with Crippen LogP contribution in [0.25, 0.3) is 0 Å². The predicted octanol–water partition coefficient (Wildman–Crippen LogP) is 2.25. The number of rotatable bonds is 5. The Morgan fingerprint density at radius 3 is 2.38 bits per heavy atom. The van der Waals surface area contributed by atoms with Gasteiger partial charge in [-0.2, -0.15) is 0 Å². The summed E-state index contributed by atoms with van der Waals surface area (Å²) in [5.74, 6) is 0.412. The van der Waals surface area contributed by atoms with Crippen molar-refractivity contribution in [2.24, 2.45) is 5.92 Å². The summed E-state index contributed by atoms with van der Waals surface area (Å²) in [5, 5.41) is 0. The van der Waals surface area contributed by atoms with Crippen molar-refractivity contribution in [3.05, 3.63) is 35.4 Å². The second-order valence-electron chi connectivity index (χ2n) is 9.49. The fourth-order valence-electron chi connectivity index (χ4n) is 4.50. The highest BCUT2D eigenvalue weighted by Gasteiger charge is 2.30. The second-order valence-corrected chi connectivity index (χ2v) is 9.49. The summed E-state index contributed by atoms with van der Waals surface area (Å²) in [6.07, 6.45) is 2.34. The van der Waals surface area contributed by atoms with Crippen LogP contribution in [0.1, 0.15) is 49.0 Å². The van der Waals surface area contributed by atoms with Gasteiger partial charge in [0.05, 0.1) is 6.54 Å². The molecule has 7 nitrogen and oxygen atoms in total. The normalized spacial score (nSPS) is 18.5. The van der Waals surface area contributed by atoms with Crippen LogP contribution in [0.4, 0.5) is 0 Å². The van der Waals surface area contributed by atoms with Gasteiger partial charge in [0, 0.05) is 63.8 Å². The van der Waals surface area contributed by atoms with E-state index in [1.807, 2.05) is 66.8 Å². The first-order valence-electron chi connectivity index (χ1n) is 11.9. The monoisotopic (exact) mass is 442 g/mol. The fraction of sp³-hybridized carbons (Fsp3) is 0.640. The van der Waals surface area contributed by atoms with Crippen molar-refractivity contribution in [2.45, 2.75) is 46.1 Å². The molecule has 2 heterocycles. The van der Waals surface area contributed by atoms with Crippen molar-refractivity contribution in [2.75, 3.05) is 52.9 Å². The van der Waals surface area contributed by atoms with Crippen molar-refractivity contribution in [3.8, 4) is 0 Å². The molecule has 0 saturated carbocycles. The molecule has 176 valence electrons. The molecule has 0 bridgehead atoms. The quantitative estimate of drug-likeness (QED) is 0.702. The van der Waals surface area contributed by atoms with E-state index >= 15 is 0 Å². The molecule has 32 heavy (non-hydrogen) atoms. The van der Waals surface area contributed by atoms with Gasteiger partial charge in [-0.05, 0) is 52.2 Å². The van der Waals surface area contributed by atoms with E-state index in [4.69, 9.17) is 0 Å². The molecule has 0 unspecified atom stereocenters. The number of benzene rings is 1. The van der Waals surface area contributed by atoms with Gasteiger partial charge in [-0.1, -0.05) is 17.7 Å². The number of carbonyl (C=O) groups excluding carboxylic acids is 3. The van der Waals surface area contributed by atoms with E-state index in [-0.39, 0.29) is 29.7 Å². The van der Waals surface area contributed by atoms with Crippen LogP contribution < -0.4 is 0 Å². The van der Waals surface area contributed by atoms with Gasteiger partial charge in [0.1, 0.15) is 0 Å². The molecule has 0 radical (unpaired) electrons. The van der Waals surface area contributed by atoms with Crippen LogP contribution in [0, 0.1) is 12.8 Å². The molecule has 2 fully saturated rings. The zero-order valence-corrected chi connectivity index (χ0v) is 20.0. The molecular weight excluding hydrogens is 404 g/mol.